The van der Waals surface area contributed by atoms with Gasteiger partial charge in [-0.25, -0.2) is 0 Å². The van der Waals surface area contributed by atoms with E-state index in [1.165, 1.54) is 0 Å². The third kappa shape index (κ3) is 4.18. The lowest BCUT2D eigenvalue weighted by atomic mass is 10.2. The molecule has 0 radical (unpaired) electrons. The molecule has 1 amide bonds. The molecule has 140 valence electrons. The third-order valence-corrected chi connectivity index (χ3v) is 6.04. The molecule has 1 fully saturated rings. The Labute approximate surface area is 181 Å². The number of thiocarbonyl (C=S) groups is 1. The summed E-state index contributed by atoms with van der Waals surface area (Å²) in [4.78, 5) is 15.2. The van der Waals surface area contributed by atoms with Crippen molar-refractivity contribution in [2.24, 2.45) is 0 Å². The van der Waals surface area contributed by atoms with Gasteiger partial charge in [-0.3, -0.25) is 9.69 Å². The molecule has 1 aromatic heterocycles. The molecule has 0 bridgehead atoms. The molecule has 1 saturated heterocycles. The van der Waals surface area contributed by atoms with Gasteiger partial charge in [-0.05, 0) is 53.7 Å². The molecular formula is C21H13Cl2NO2S2. The van der Waals surface area contributed by atoms with E-state index in [4.69, 9.17) is 39.8 Å². The van der Waals surface area contributed by atoms with Gasteiger partial charge in [-0.1, -0.05) is 65.8 Å². The Kier molecular flexibility index (Phi) is 5.60. The van der Waals surface area contributed by atoms with Gasteiger partial charge in [-0.15, -0.1) is 0 Å². The van der Waals surface area contributed by atoms with Gasteiger partial charge in [0.1, 0.15) is 16.5 Å². The molecule has 2 heterocycles. The summed E-state index contributed by atoms with van der Waals surface area (Å²) in [6.07, 6.45) is 1.78. The Morgan fingerprint density at radius 2 is 1.75 bits per heavy atom. The summed E-state index contributed by atoms with van der Waals surface area (Å²) < 4.78 is 5.88. The Morgan fingerprint density at radius 1 is 1.04 bits per heavy atom. The Morgan fingerprint density at radius 3 is 2.46 bits per heavy atom. The Bertz CT molecular complexity index is 1070. The van der Waals surface area contributed by atoms with Gasteiger partial charge >= 0.3 is 0 Å². The first-order chi connectivity index (χ1) is 13.5. The SMILES string of the molecule is O=C1SC(=Cc2ccc(-c3cc(Cl)cc(Cl)c3)o2)C(=S)N1Cc1ccccc1. The van der Waals surface area contributed by atoms with Crippen molar-refractivity contribution in [1.29, 1.82) is 0 Å². The van der Waals surface area contributed by atoms with Crippen LogP contribution in [0.25, 0.3) is 17.4 Å². The molecule has 2 aromatic carbocycles. The molecule has 0 aliphatic carbocycles. The van der Waals surface area contributed by atoms with E-state index in [1.807, 2.05) is 42.5 Å². The summed E-state index contributed by atoms with van der Waals surface area (Å²) >= 11 is 18.7. The smallest absolute Gasteiger partial charge is 0.291 e. The maximum absolute atomic E-state index is 12.4. The highest BCUT2D eigenvalue weighted by atomic mass is 35.5. The minimum absolute atomic E-state index is 0.0893. The van der Waals surface area contributed by atoms with E-state index >= 15 is 0 Å². The van der Waals surface area contributed by atoms with Crippen LogP contribution in [0, 0.1) is 0 Å². The van der Waals surface area contributed by atoms with E-state index in [2.05, 4.69) is 0 Å². The average molecular weight is 446 g/mol. The van der Waals surface area contributed by atoms with Crippen molar-refractivity contribution >= 4 is 63.5 Å². The number of amides is 1. The Balaban J connectivity index is 1.55. The average Bonchev–Trinajstić information content (AvgIpc) is 3.23. The number of thioether (sulfide) groups is 1. The van der Waals surface area contributed by atoms with Gasteiger partial charge in [0.2, 0.25) is 0 Å². The van der Waals surface area contributed by atoms with Crippen molar-refractivity contribution < 1.29 is 9.21 Å². The summed E-state index contributed by atoms with van der Waals surface area (Å²) in [6, 6.07) is 18.6. The van der Waals surface area contributed by atoms with Crippen molar-refractivity contribution in [3.05, 3.63) is 86.9 Å². The lowest BCUT2D eigenvalue weighted by Crippen LogP contribution is -2.26. The number of furan rings is 1. The summed E-state index contributed by atoms with van der Waals surface area (Å²) in [5.41, 5.74) is 1.81. The van der Waals surface area contributed by atoms with Crippen LogP contribution >= 0.6 is 47.2 Å². The van der Waals surface area contributed by atoms with Gasteiger partial charge in [0.25, 0.3) is 5.24 Å². The van der Waals surface area contributed by atoms with E-state index in [0.717, 1.165) is 22.9 Å². The van der Waals surface area contributed by atoms with Crippen molar-refractivity contribution in [2.75, 3.05) is 0 Å². The fourth-order valence-corrected chi connectivity index (χ4v) is 4.56. The van der Waals surface area contributed by atoms with Crippen molar-refractivity contribution in [3.8, 4) is 11.3 Å². The molecule has 4 rings (SSSR count). The minimum Gasteiger partial charge on any atom is -0.457 e. The van der Waals surface area contributed by atoms with E-state index < -0.39 is 0 Å². The summed E-state index contributed by atoms with van der Waals surface area (Å²) in [6.45, 7) is 0.452. The highest BCUT2D eigenvalue weighted by Crippen LogP contribution is 2.35. The number of hydrogen-bond acceptors (Lipinski definition) is 4. The summed E-state index contributed by atoms with van der Waals surface area (Å²) in [7, 11) is 0. The second-order valence-electron chi connectivity index (χ2n) is 6.11. The lowest BCUT2D eigenvalue weighted by molar-refractivity contribution is 0.244. The molecule has 1 aliphatic heterocycles. The van der Waals surface area contributed by atoms with Crippen LogP contribution in [0.15, 0.2) is 70.0 Å². The van der Waals surface area contributed by atoms with Crippen LogP contribution in [0.5, 0.6) is 0 Å². The van der Waals surface area contributed by atoms with Crippen LogP contribution in [0.2, 0.25) is 10.0 Å². The lowest BCUT2D eigenvalue weighted by Gasteiger charge is -2.14. The molecule has 0 saturated carbocycles. The first-order valence-electron chi connectivity index (χ1n) is 8.35. The number of rotatable bonds is 4. The maximum atomic E-state index is 12.4. The number of nitrogens with zero attached hydrogens (tertiary/aromatic N) is 1. The van der Waals surface area contributed by atoms with Crippen molar-refractivity contribution in [3.63, 3.8) is 0 Å². The normalized spacial score (nSPS) is 15.6. The van der Waals surface area contributed by atoms with Gasteiger partial charge in [0.15, 0.2) is 0 Å². The number of carbonyl (C=O) groups is 1. The van der Waals surface area contributed by atoms with Gasteiger partial charge in [0.05, 0.1) is 11.4 Å². The van der Waals surface area contributed by atoms with E-state index in [-0.39, 0.29) is 5.24 Å². The van der Waals surface area contributed by atoms with E-state index in [9.17, 15) is 4.79 Å². The second kappa shape index (κ2) is 8.13. The van der Waals surface area contributed by atoms with Crippen LogP contribution in [0.4, 0.5) is 4.79 Å². The molecule has 3 aromatic rings. The quantitative estimate of drug-likeness (QED) is 0.311. The second-order valence-corrected chi connectivity index (χ2v) is 8.37. The van der Waals surface area contributed by atoms with Crippen molar-refractivity contribution in [2.45, 2.75) is 6.54 Å². The topological polar surface area (TPSA) is 33.5 Å². The predicted octanol–water partition coefficient (Wildman–Crippen LogP) is 7.29. The molecule has 0 atom stereocenters. The Hall–Kier alpha value is -2.05. The predicted molar refractivity (Wildman–Crippen MR) is 120 cm³/mol. The number of hydrogen-bond donors (Lipinski definition) is 0. The molecule has 1 aliphatic rings. The first-order valence-corrected chi connectivity index (χ1v) is 10.3. The van der Waals surface area contributed by atoms with Gasteiger partial charge in [0, 0.05) is 15.6 Å². The summed E-state index contributed by atoms with van der Waals surface area (Å²) in [5.74, 6) is 1.24. The molecule has 0 N–H and O–H groups in total. The zero-order valence-electron chi connectivity index (χ0n) is 14.4. The van der Waals surface area contributed by atoms with Crippen LogP contribution in [0.3, 0.4) is 0 Å². The van der Waals surface area contributed by atoms with Crippen LogP contribution in [0.1, 0.15) is 11.3 Å². The third-order valence-electron chi connectivity index (χ3n) is 4.10. The van der Waals surface area contributed by atoms with E-state index in [1.54, 1.807) is 29.2 Å². The fourth-order valence-electron chi connectivity index (χ4n) is 2.81. The molecule has 3 nitrogen and oxygen atoms in total. The minimum atomic E-state index is -0.0893. The maximum Gasteiger partial charge on any atom is 0.291 e. The molecular weight excluding hydrogens is 433 g/mol. The molecule has 0 spiro atoms. The number of carbonyl (C=O) groups excluding carboxylic acids is 1. The fraction of sp³-hybridized carbons (Fsp3) is 0.0476. The largest absolute Gasteiger partial charge is 0.457 e. The van der Waals surface area contributed by atoms with Gasteiger partial charge in [-0.2, -0.15) is 0 Å². The highest BCUT2D eigenvalue weighted by Gasteiger charge is 2.31. The van der Waals surface area contributed by atoms with Crippen molar-refractivity contribution in [1.82, 2.24) is 4.90 Å². The standard InChI is InChI=1S/C21H13Cl2NO2S2/c22-15-8-14(9-16(23)10-15)18-7-6-17(26-18)11-19-20(27)24(21(25)28-19)12-13-4-2-1-3-5-13/h1-11H,12H2. The zero-order valence-corrected chi connectivity index (χ0v) is 17.5. The number of benzene rings is 2. The summed E-state index contributed by atoms with van der Waals surface area (Å²) in [5, 5.41) is 0.982. The van der Waals surface area contributed by atoms with Crippen LogP contribution in [-0.4, -0.2) is 15.1 Å². The van der Waals surface area contributed by atoms with Crippen LogP contribution in [-0.2, 0) is 6.54 Å². The molecule has 28 heavy (non-hydrogen) atoms. The van der Waals surface area contributed by atoms with E-state index in [0.29, 0.717) is 38.0 Å². The first kappa shape index (κ1) is 19.3. The zero-order chi connectivity index (χ0) is 19.7. The number of halogens is 2. The molecule has 0 unspecified atom stereocenters. The van der Waals surface area contributed by atoms with Gasteiger partial charge < -0.3 is 4.42 Å². The highest BCUT2D eigenvalue weighted by molar-refractivity contribution is 8.19. The van der Waals surface area contributed by atoms with Crippen LogP contribution < -0.4 is 0 Å². The monoisotopic (exact) mass is 445 g/mol. The molecule has 7 heteroatoms.